The summed E-state index contributed by atoms with van der Waals surface area (Å²) in [5.74, 6) is 1.82. The molecule has 0 saturated heterocycles. The monoisotopic (exact) mass is 370 g/mol. The van der Waals surface area contributed by atoms with Gasteiger partial charge in [-0.25, -0.2) is 4.79 Å². The van der Waals surface area contributed by atoms with Crippen LogP contribution in [0.25, 0.3) is 5.57 Å². The van der Waals surface area contributed by atoms with E-state index in [4.69, 9.17) is 23.7 Å². The van der Waals surface area contributed by atoms with Crippen molar-refractivity contribution in [2.45, 2.75) is 12.5 Å². The summed E-state index contributed by atoms with van der Waals surface area (Å²) >= 11 is 0. The van der Waals surface area contributed by atoms with Crippen LogP contribution in [-0.4, -0.2) is 34.4 Å². The molecule has 0 aromatic heterocycles. The van der Waals surface area contributed by atoms with Gasteiger partial charge in [-0.1, -0.05) is 18.2 Å². The molecule has 0 spiro atoms. The van der Waals surface area contributed by atoms with Crippen LogP contribution in [-0.2, 0) is 19.9 Å². The average molecular weight is 370 g/mol. The van der Waals surface area contributed by atoms with E-state index in [-0.39, 0.29) is 0 Å². The van der Waals surface area contributed by atoms with Crippen LogP contribution in [0.1, 0.15) is 18.1 Å². The highest BCUT2D eigenvalue weighted by Gasteiger charge is 2.47. The van der Waals surface area contributed by atoms with Gasteiger partial charge in [-0.2, -0.15) is 0 Å². The first kappa shape index (κ1) is 18.6. The number of rotatable bonds is 6. The van der Waals surface area contributed by atoms with Gasteiger partial charge < -0.3 is 23.7 Å². The summed E-state index contributed by atoms with van der Waals surface area (Å²) in [5, 5.41) is 0. The number of carbonyl (C=O) groups excluding carboxylic acids is 1. The summed E-state index contributed by atoms with van der Waals surface area (Å²) in [7, 11) is 6.24. The van der Waals surface area contributed by atoms with Crippen molar-refractivity contribution in [2.75, 3.05) is 28.4 Å². The van der Waals surface area contributed by atoms with Gasteiger partial charge >= 0.3 is 5.97 Å². The molecular weight excluding hydrogens is 348 g/mol. The van der Waals surface area contributed by atoms with Gasteiger partial charge in [0.2, 0.25) is 0 Å². The Balaban J connectivity index is 2.12. The molecule has 1 aliphatic rings. The van der Waals surface area contributed by atoms with Crippen molar-refractivity contribution in [1.82, 2.24) is 0 Å². The molecule has 0 bridgehead atoms. The molecule has 27 heavy (non-hydrogen) atoms. The summed E-state index contributed by atoms with van der Waals surface area (Å²) < 4.78 is 27.2. The smallest absolute Gasteiger partial charge is 0.343 e. The van der Waals surface area contributed by atoms with Crippen LogP contribution in [0.3, 0.4) is 0 Å². The topological polar surface area (TPSA) is 63.2 Å². The minimum absolute atomic E-state index is 0.387. The van der Waals surface area contributed by atoms with E-state index in [1.165, 1.54) is 7.11 Å². The van der Waals surface area contributed by atoms with E-state index in [9.17, 15) is 4.79 Å². The molecule has 2 aromatic rings. The largest absolute Gasteiger partial charge is 0.497 e. The van der Waals surface area contributed by atoms with E-state index >= 15 is 0 Å². The second kappa shape index (κ2) is 7.23. The molecule has 0 amide bonds. The van der Waals surface area contributed by atoms with Gasteiger partial charge in [0.25, 0.3) is 0 Å². The number of ether oxygens (including phenoxy) is 5. The molecule has 2 aromatic carbocycles. The number of methoxy groups -OCH3 is 4. The van der Waals surface area contributed by atoms with Crippen LogP contribution in [0.2, 0.25) is 0 Å². The number of carbonyl (C=O) groups is 1. The van der Waals surface area contributed by atoms with E-state index in [1.807, 2.05) is 6.07 Å². The molecule has 0 radical (unpaired) electrons. The highest BCUT2D eigenvalue weighted by molar-refractivity contribution is 6.19. The van der Waals surface area contributed by atoms with Crippen molar-refractivity contribution < 1.29 is 28.5 Å². The second-order valence-corrected chi connectivity index (χ2v) is 6.13. The Kier molecular flexibility index (Phi) is 4.99. The Hall–Kier alpha value is -3.15. The SMILES string of the molecule is COC1=C(c2ccc(OC)cc2)C(=O)OC1(C)c1ccc(OC)c(OC)c1. The van der Waals surface area contributed by atoms with Gasteiger partial charge in [0.1, 0.15) is 11.3 Å². The minimum Gasteiger partial charge on any atom is -0.497 e. The molecule has 6 heteroatoms. The lowest BCUT2D eigenvalue weighted by Gasteiger charge is -2.26. The molecular formula is C21H22O6. The lowest BCUT2D eigenvalue weighted by atomic mass is 9.91. The fourth-order valence-electron chi connectivity index (χ4n) is 3.24. The number of esters is 1. The average Bonchev–Trinajstić information content (AvgIpc) is 2.97. The van der Waals surface area contributed by atoms with E-state index in [0.717, 1.165) is 0 Å². The third-order valence-electron chi connectivity index (χ3n) is 4.68. The molecule has 1 aliphatic heterocycles. The van der Waals surface area contributed by atoms with Crippen molar-refractivity contribution in [2.24, 2.45) is 0 Å². The lowest BCUT2D eigenvalue weighted by Crippen LogP contribution is -2.26. The van der Waals surface area contributed by atoms with E-state index in [2.05, 4.69) is 0 Å². The third kappa shape index (κ3) is 3.07. The fraction of sp³-hybridized carbons (Fsp3) is 0.286. The molecule has 0 N–H and O–H groups in total. The van der Waals surface area contributed by atoms with E-state index < -0.39 is 11.6 Å². The van der Waals surface area contributed by atoms with E-state index in [1.54, 1.807) is 64.7 Å². The molecule has 6 nitrogen and oxygen atoms in total. The van der Waals surface area contributed by atoms with Crippen molar-refractivity contribution >= 4 is 11.5 Å². The summed E-state index contributed by atoms with van der Waals surface area (Å²) in [4.78, 5) is 12.7. The number of benzene rings is 2. The molecule has 3 rings (SSSR count). The van der Waals surface area contributed by atoms with Gasteiger partial charge in [-0.3, -0.25) is 0 Å². The highest BCUT2D eigenvalue weighted by atomic mass is 16.6. The Morgan fingerprint density at radius 1 is 0.815 bits per heavy atom. The molecule has 1 heterocycles. The lowest BCUT2D eigenvalue weighted by molar-refractivity contribution is -0.146. The van der Waals surface area contributed by atoms with Gasteiger partial charge in [0.15, 0.2) is 22.9 Å². The van der Waals surface area contributed by atoms with Gasteiger partial charge in [-0.05, 0) is 36.8 Å². The zero-order chi connectivity index (χ0) is 19.6. The third-order valence-corrected chi connectivity index (χ3v) is 4.68. The van der Waals surface area contributed by atoms with Crippen molar-refractivity contribution in [3.63, 3.8) is 0 Å². The maximum absolute atomic E-state index is 12.7. The number of hydrogen-bond acceptors (Lipinski definition) is 6. The number of hydrogen-bond donors (Lipinski definition) is 0. The second-order valence-electron chi connectivity index (χ2n) is 6.13. The Labute approximate surface area is 158 Å². The van der Waals surface area contributed by atoms with Crippen LogP contribution in [0.4, 0.5) is 0 Å². The van der Waals surface area contributed by atoms with Crippen molar-refractivity contribution in [3.8, 4) is 17.2 Å². The van der Waals surface area contributed by atoms with Crippen LogP contribution in [0.15, 0.2) is 48.2 Å². The first-order valence-corrected chi connectivity index (χ1v) is 8.37. The zero-order valence-corrected chi connectivity index (χ0v) is 16.0. The first-order valence-electron chi connectivity index (χ1n) is 8.37. The molecule has 0 fully saturated rings. The minimum atomic E-state index is -1.08. The van der Waals surface area contributed by atoms with Gasteiger partial charge in [0, 0.05) is 5.56 Å². The standard InChI is InChI=1S/C21H22O6/c1-21(14-8-11-16(24-3)17(12-14)25-4)19(26-5)18(20(22)27-21)13-6-9-15(23-2)10-7-13/h6-12H,1-5H3. The molecule has 0 saturated carbocycles. The van der Waals surface area contributed by atoms with Crippen LogP contribution >= 0.6 is 0 Å². The Morgan fingerprint density at radius 3 is 2.04 bits per heavy atom. The molecule has 1 unspecified atom stereocenters. The van der Waals surface area contributed by atoms with Gasteiger partial charge in [-0.15, -0.1) is 0 Å². The first-order chi connectivity index (χ1) is 13.0. The summed E-state index contributed by atoms with van der Waals surface area (Å²) in [6.07, 6.45) is 0. The van der Waals surface area contributed by atoms with Crippen LogP contribution < -0.4 is 14.2 Å². The number of cyclic esters (lactones) is 1. The molecule has 1 atom stereocenters. The maximum Gasteiger partial charge on any atom is 0.343 e. The molecule has 142 valence electrons. The zero-order valence-electron chi connectivity index (χ0n) is 16.0. The summed E-state index contributed by atoms with van der Waals surface area (Å²) in [6, 6.07) is 12.5. The predicted molar refractivity (Wildman–Crippen MR) is 99.9 cm³/mol. The Bertz CT molecular complexity index is 884. The summed E-state index contributed by atoms with van der Waals surface area (Å²) in [5.41, 5.74) is 0.717. The van der Waals surface area contributed by atoms with Gasteiger partial charge in [0.05, 0.1) is 28.4 Å². The normalized spacial score (nSPS) is 18.9. The highest BCUT2D eigenvalue weighted by Crippen LogP contribution is 2.46. The van der Waals surface area contributed by atoms with Crippen LogP contribution in [0, 0.1) is 0 Å². The predicted octanol–water partition coefficient (Wildman–Crippen LogP) is 3.54. The fourth-order valence-corrected chi connectivity index (χ4v) is 3.24. The molecule has 0 aliphatic carbocycles. The van der Waals surface area contributed by atoms with Crippen LogP contribution in [0.5, 0.6) is 17.2 Å². The van der Waals surface area contributed by atoms with Crippen molar-refractivity contribution in [1.29, 1.82) is 0 Å². The van der Waals surface area contributed by atoms with Crippen molar-refractivity contribution in [3.05, 3.63) is 59.4 Å². The van der Waals surface area contributed by atoms with E-state index in [0.29, 0.717) is 39.7 Å². The quantitative estimate of drug-likeness (QED) is 0.725. The summed E-state index contributed by atoms with van der Waals surface area (Å²) in [6.45, 7) is 1.79. The maximum atomic E-state index is 12.7. The Morgan fingerprint density at radius 2 is 1.48 bits per heavy atom.